The summed E-state index contributed by atoms with van der Waals surface area (Å²) in [6, 6.07) is 22.5. The fourth-order valence-electron chi connectivity index (χ4n) is 3.55. The topological polar surface area (TPSA) is 87.0 Å². The van der Waals surface area contributed by atoms with Crippen LogP contribution in [0.3, 0.4) is 0 Å². The SMILES string of the molecule is CCCOc1ccc(-c2nn(-c3ccccc3)cc2/C=N/NC(=O)c2ccc(OC)c(OC)c2)cc1. The third kappa shape index (κ3) is 5.72. The van der Waals surface area contributed by atoms with E-state index in [9.17, 15) is 4.79 Å². The first-order valence-electron chi connectivity index (χ1n) is 11.6. The standard InChI is InChI=1S/C28H28N4O4/c1-4-16-36-24-13-10-20(11-14-24)27-22(19-32(31-27)23-8-6-5-7-9-23)18-29-30-28(33)21-12-15-25(34-2)26(17-21)35-3/h5-15,17-19H,4,16H2,1-3H3,(H,30,33)/b29-18+. The van der Waals surface area contributed by atoms with Crippen molar-refractivity contribution in [3.05, 3.63) is 90.1 Å². The van der Waals surface area contributed by atoms with Gasteiger partial charge in [0.25, 0.3) is 5.91 Å². The number of carbonyl (C=O) groups excluding carboxylic acids is 1. The quantitative estimate of drug-likeness (QED) is 0.250. The predicted molar refractivity (Wildman–Crippen MR) is 139 cm³/mol. The van der Waals surface area contributed by atoms with E-state index in [1.54, 1.807) is 36.2 Å². The maximum atomic E-state index is 12.7. The number of hydrogen-bond donors (Lipinski definition) is 1. The van der Waals surface area contributed by atoms with Crippen LogP contribution in [0.1, 0.15) is 29.3 Å². The molecule has 1 aromatic heterocycles. The number of nitrogens with one attached hydrogen (secondary N) is 1. The van der Waals surface area contributed by atoms with Gasteiger partial charge in [-0.1, -0.05) is 25.1 Å². The third-order valence-electron chi connectivity index (χ3n) is 5.38. The van der Waals surface area contributed by atoms with Crippen molar-refractivity contribution in [3.63, 3.8) is 0 Å². The van der Waals surface area contributed by atoms with Crippen LogP contribution in [-0.4, -0.2) is 42.7 Å². The molecule has 1 N–H and O–H groups in total. The van der Waals surface area contributed by atoms with Gasteiger partial charge in [-0.05, 0) is 61.0 Å². The predicted octanol–water partition coefficient (Wildman–Crippen LogP) is 5.11. The second kappa shape index (κ2) is 11.7. The van der Waals surface area contributed by atoms with E-state index < -0.39 is 0 Å². The van der Waals surface area contributed by atoms with E-state index in [1.165, 1.54) is 7.11 Å². The Labute approximate surface area is 210 Å². The fourth-order valence-corrected chi connectivity index (χ4v) is 3.55. The zero-order chi connectivity index (χ0) is 25.3. The minimum atomic E-state index is -0.373. The monoisotopic (exact) mass is 484 g/mol. The lowest BCUT2D eigenvalue weighted by atomic mass is 10.1. The molecule has 4 aromatic rings. The molecule has 0 unspecified atom stereocenters. The van der Waals surface area contributed by atoms with E-state index in [1.807, 2.05) is 60.8 Å². The molecule has 0 radical (unpaired) electrons. The minimum absolute atomic E-state index is 0.373. The smallest absolute Gasteiger partial charge is 0.271 e. The maximum absolute atomic E-state index is 12.7. The van der Waals surface area contributed by atoms with Gasteiger partial charge < -0.3 is 14.2 Å². The van der Waals surface area contributed by atoms with Gasteiger partial charge in [0.1, 0.15) is 11.4 Å². The molecular formula is C28H28N4O4. The molecule has 0 aliphatic heterocycles. The molecule has 8 heteroatoms. The number of para-hydroxylation sites is 1. The summed E-state index contributed by atoms with van der Waals surface area (Å²) >= 11 is 0. The summed E-state index contributed by atoms with van der Waals surface area (Å²) < 4.78 is 18.0. The van der Waals surface area contributed by atoms with Crippen molar-refractivity contribution in [2.24, 2.45) is 5.10 Å². The number of hydrogen-bond acceptors (Lipinski definition) is 6. The van der Waals surface area contributed by atoms with Crippen molar-refractivity contribution < 1.29 is 19.0 Å². The Hall–Kier alpha value is -4.59. The van der Waals surface area contributed by atoms with Crippen LogP contribution in [0, 0.1) is 0 Å². The molecule has 184 valence electrons. The molecule has 0 spiro atoms. The molecule has 36 heavy (non-hydrogen) atoms. The number of benzene rings is 3. The first-order chi connectivity index (χ1) is 17.6. The van der Waals surface area contributed by atoms with Crippen molar-refractivity contribution in [3.8, 4) is 34.2 Å². The Morgan fingerprint density at radius 1 is 1.00 bits per heavy atom. The number of nitrogens with zero attached hydrogens (tertiary/aromatic N) is 3. The molecule has 0 fully saturated rings. The normalized spacial score (nSPS) is 10.9. The zero-order valence-electron chi connectivity index (χ0n) is 20.5. The lowest BCUT2D eigenvalue weighted by molar-refractivity contribution is 0.0954. The summed E-state index contributed by atoms with van der Waals surface area (Å²) in [5, 5.41) is 8.97. The largest absolute Gasteiger partial charge is 0.494 e. The molecule has 0 saturated heterocycles. The van der Waals surface area contributed by atoms with Crippen molar-refractivity contribution in [1.29, 1.82) is 0 Å². The van der Waals surface area contributed by atoms with Gasteiger partial charge in [0.2, 0.25) is 0 Å². The van der Waals surface area contributed by atoms with Crippen LogP contribution in [0.15, 0.2) is 84.1 Å². The molecule has 8 nitrogen and oxygen atoms in total. The first-order valence-corrected chi connectivity index (χ1v) is 11.6. The number of ether oxygens (including phenoxy) is 3. The van der Waals surface area contributed by atoms with Gasteiger partial charge in [0.05, 0.1) is 32.7 Å². The Balaban J connectivity index is 1.59. The summed E-state index contributed by atoms with van der Waals surface area (Å²) in [5.41, 5.74) is 6.26. The average Bonchev–Trinajstić information content (AvgIpc) is 3.36. The molecule has 0 aliphatic carbocycles. The highest BCUT2D eigenvalue weighted by Gasteiger charge is 2.13. The number of aromatic nitrogens is 2. The van der Waals surface area contributed by atoms with Crippen LogP contribution in [0.5, 0.6) is 17.2 Å². The summed E-state index contributed by atoms with van der Waals surface area (Å²) in [5.74, 6) is 1.44. The van der Waals surface area contributed by atoms with Crippen LogP contribution >= 0.6 is 0 Å². The lowest BCUT2D eigenvalue weighted by Gasteiger charge is -2.08. The highest BCUT2D eigenvalue weighted by Crippen LogP contribution is 2.28. The van der Waals surface area contributed by atoms with Gasteiger partial charge in [0, 0.05) is 22.9 Å². The minimum Gasteiger partial charge on any atom is -0.494 e. The summed E-state index contributed by atoms with van der Waals surface area (Å²) in [6.45, 7) is 2.74. The van der Waals surface area contributed by atoms with Crippen LogP contribution < -0.4 is 19.6 Å². The number of amides is 1. The van der Waals surface area contributed by atoms with Crippen LogP contribution in [0.2, 0.25) is 0 Å². The van der Waals surface area contributed by atoms with E-state index in [0.29, 0.717) is 23.7 Å². The molecule has 4 rings (SSSR count). The third-order valence-corrected chi connectivity index (χ3v) is 5.38. The highest BCUT2D eigenvalue weighted by atomic mass is 16.5. The zero-order valence-corrected chi connectivity index (χ0v) is 20.5. The molecular weight excluding hydrogens is 456 g/mol. The average molecular weight is 485 g/mol. The molecule has 3 aromatic carbocycles. The van der Waals surface area contributed by atoms with Gasteiger partial charge in [-0.15, -0.1) is 0 Å². The lowest BCUT2D eigenvalue weighted by Crippen LogP contribution is -2.17. The van der Waals surface area contributed by atoms with E-state index in [-0.39, 0.29) is 5.91 Å². The number of methoxy groups -OCH3 is 2. The Morgan fingerprint density at radius 2 is 1.75 bits per heavy atom. The van der Waals surface area contributed by atoms with Crippen LogP contribution in [0.4, 0.5) is 0 Å². The van der Waals surface area contributed by atoms with Crippen molar-refractivity contribution >= 4 is 12.1 Å². The molecule has 1 amide bonds. The number of carbonyl (C=O) groups is 1. The first kappa shape index (κ1) is 24.5. The maximum Gasteiger partial charge on any atom is 0.271 e. The van der Waals surface area contributed by atoms with Gasteiger partial charge in [-0.3, -0.25) is 4.79 Å². The van der Waals surface area contributed by atoms with E-state index in [2.05, 4.69) is 17.5 Å². The summed E-state index contributed by atoms with van der Waals surface area (Å²) in [4.78, 5) is 12.7. The Kier molecular flexibility index (Phi) is 7.97. The van der Waals surface area contributed by atoms with Gasteiger partial charge >= 0.3 is 0 Å². The summed E-state index contributed by atoms with van der Waals surface area (Å²) in [7, 11) is 3.06. The molecule has 1 heterocycles. The Bertz CT molecular complexity index is 1330. The van der Waals surface area contributed by atoms with Crippen LogP contribution in [0.25, 0.3) is 16.9 Å². The second-order valence-corrected chi connectivity index (χ2v) is 7.85. The molecule has 0 aliphatic rings. The second-order valence-electron chi connectivity index (χ2n) is 7.85. The molecule has 0 bridgehead atoms. The van der Waals surface area contributed by atoms with E-state index in [0.717, 1.165) is 34.7 Å². The van der Waals surface area contributed by atoms with Crippen molar-refractivity contribution in [2.75, 3.05) is 20.8 Å². The highest BCUT2D eigenvalue weighted by molar-refractivity contribution is 5.96. The molecule has 0 atom stereocenters. The molecule has 0 saturated carbocycles. The Morgan fingerprint density at radius 3 is 2.44 bits per heavy atom. The van der Waals surface area contributed by atoms with Crippen molar-refractivity contribution in [1.82, 2.24) is 15.2 Å². The van der Waals surface area contributed by atoms with Gasteiger partial charge in [-0.2, -0.15) is 10.2 Å². The number of rotatable bonds is 10. The number of hydrazone groups is 1. The van der Waals surface area contributed by atoms with Crippen LogP contribution in [-0.2, 0) is 0 Å². The van der Waals surface area contributed by atoms with E-state index in [4.69, 9.17) is 19.3 Å². The van der Waals surface area contributed by atoms with Gasteiger partial charge in [0.15, 0.2) is 11.5 Å². The van der Waals surface area contributed by atoms with Gasteiger partial charge in [-0.25, -0.2) is 10.1 Å². The summed E-state index contributed by atoms with van der Waals surface area (Å²) in [6.07, 6.45) is 4.40. The van der Waals surface area contributed by atoms with E-state index >= 15 is 0 Å². The fraction of sp³-hybridized carbons (Fsp3) is 0.179. The van der Waals surface area contributed by atoms with Crippen molar-refractivity contribution in [2.45, 2.75) is 13.3 Å².